The zero-order chi connectivity index (χ0) is 12.7. The highest BCUT2D eigenvalue weighted by atomic mass is 16.3. The summed E-state index contributed by atoms with van der Waals surface area (Å²) in [5.41, 5.74) is 6.82. The maximum absolute atomic E-state index is 10.6. The molecule has 5 heteroatoms. The number of carbonyl (C=O) groups excluding carboxylic acids is 1. The van der Waals surface area contributed by atoms with E-state index in [1.807, 2.05) is 31.2 Å². The predicted molar refractivity (Wildman–Crippen MR) is 67.8 cm³/mol. The molecule has 0 fully saturated rings. The van der Waals surface area contributed by atoms with Crippen LogP contribution in [0.15, 0.2) is 24.3 Å². The first-order valence-electron chi connectivity index (χ1n) is 5.64. The predicted octanol–water partition coefficient (Wildman–Crippen LogP) is 1.21. The Bertz CT molecular complexity index is 351. The molecule has 1 rings (SSSR count). The number of amides is 2. The van der Waals surface area contributed by atoms with Gasteiger partial charge in [0.05, 0.1) is 0 Å². The Balaban J connectivity index is 2.51. The molecule has 0 bridgehead atoms. The lowest BCUT2D eigenvalue weighted by Crippen LogP contribution is -2.21. The van der Waals surface area contributed by atoms with E-state index in [1.54, 1.807) is 0 Å². The summed E-state index contributed by atoms with van der Waals surface area (Å²) in [6.07, 6.45) is 0.742. The second-order valence-electron chi connectivity index (χ2n) is 3.86. The Hall–Kier alpha value is -1.59. The lowest BCUT2D eigenvalue weighted by Gasteiger charge is -2.14. The molecule has 94 valence electrons. The van der Waals surface area contributed by atoms with Gasteiger partial charge in [-0.25, -0.2) is 4.79 Å². The number of benzene rings is 1. The number of primary amides is 1. The van der Waals surface area contributed by atoms with Crippen LogP contribution in [0.5, 0.6) is 0 Å². The van der Waals surface area contributed by atoms with E-state index in [4.69, 9.17) is 10.8 Å². The van der Waals surface area contributed by atoms with Gasteiger partial charge in [0.25, 0.3) is 0 Å². The van der Waals surface area contributed by atoms with Gasteiger partial charge < -0.3 is 21.5 Å². The molecule has 0 heterocycles. The number of anilines is 1. The van der Waals surface area contributed by atoms with Crippen molar-refractivity contribution >= 4 is 11.7 Å². The van der Waals surface area contributed by atoms with E-state index in [9.17, 15) is 4.79 Å². The molecule has 0 saturated heterocycles. The van der Waals surface area contributed by atoms with Gasteiger partial charge in [0, 0.05) is 18.3 Å². The van der Waals surface area contributed by atoms with Crippen molar-refractivity contribution < 1.29 is 9.90 Å². The summed E-state index contributed by atoms with van der Waals surface area (Å²) in [4.78, 5) is 10.6. The maximum Gasteiger partial charge on any atom is 0.316 e. The normalized spacial score (nSPS) is 12.1. The Morgan fingerprint density at radius 2 is 2.06 bits per heavy atom. The average molecular weight is 237 g/mol. The number of aliphatic hydroxyl groups excluding tert-OH is 1. The molecule has 0 aromatic heterocycles. The molecule has 2 amide bonds. The third-order valence-corrected chi connectivity index (χ3v) is 2.46. The minimum absolute atomic E-state index is 0.196. The summed E-state index contributed by atoms with van der Waals surface area (Å²) < 4.78 is 0. The van der Waals surface area contributed by atoms with Crippen molar-refractivity contribution in [2.24, 2.45) is 5.73 Å². The second-order valence-corrected chi connectivity index (χ2v) is 3.86. The molecule has 0 saturated carbocycles. The van der Waals surface area contributed by atoms with E-state index < -0.39 is 6.03 Å². The molecule has 0 aliphatic rings. The number of carbonyl (C=O) groups is 1. The zero-order valence-electron chi connectivity index (χ0n) is 9.94. The van der Waals surface area contributed by atoms with Crippen molar-refractivity contribution in [1.29, 1.82) is 0 Å². The van der Waals surface area contributed by atoms with Gasteiger partial charge >= 0.3 is 6.03 Å². The lowest BCUT2D eigenvalue weighted by molar-refractivity contribution is 0.259. The first kappa shape index (κ1) is 13.5. The summed E-state index contributed by atoms with van der Waals surface area (Å²) in [5, 5.41) is 14.5. The molecular weight excluding hydrogens is 218 g/mol. The second kappa shape index (κ2) is 6.88. The molecule has 1 atom stereocenters. The van der Waals surface area contributed by atoms with E-state index in [1.165, 1.54) is 0 Å². The molecule has 17 heavy (non-hydrogen) atoms. The van der Waals surface area contributed by atoms with E-state index in [0.717, 1.165) is 18.5 Å². The SMILES string of the molecule is CC(NCCCO)c1ccc(NC(N)=O)cc1. The van der Waals surface area contributed by atoms with E-state index in [-0.39, 0.29) is 12.6 Å². The highest BCUT2D eigenvalue weighted by molar-refractivity contribution is 5.87. The third-order valence-electron chi connectivity index (χ3n) is 2.46. The van der Waals surface area contributed by atoms with Crippen molar-refractivity contribution in [3.63, 3.8) is 0 Å². The van der Waals surface area contributed by atoms with Crippen molar-refractivity contribution in [2.75, 3.05) is 18.5 Å². The molecular formula is C12H19N3O2. The fraction of sp³-hybridized carbons (Fsp3) is 0.417. The van der Waals surface area contributed by atoms with Crippen molar-refractivity contribution in [3.8, 4) is 0 Å². The third kappa shape index (κ3) is 4.84. The van der Waals surface area contributed by atoms with Crippen molar-refractivity contribution in [2.45, 2.75) is 19.4 Å². The Labute approximate surface area is 101 Å². The van der Waals surface area contributed by atoms with E-state index >= 15 is 0 Å². The van der Waals surface area contributed by atoms with Gasteiger partial charge in [-0.05, 0) is 37.6 Å². The van der Waals surface area contributed by atoms with Gasteiger partial charge in [0.2, 0.25) is 0 Å². The van der Waals surface area contributed by atoms with Crippen LogP contribution in [0.25, 0.3) is 0 Å². The van der Waals surface area contributed by atoms with Crippen LogP contribution in [0.2, 0.25) is 0 Å². The fourth-order valence-corrected chi connectivity index (χ4v) is 1.51. The van der Waals surface area contributed by atoms with E-state index in [0.29, 0.717) is 5.69 Å². The van der Waals surface area contributed by atoms with Crippen LogP contribution >= 0.6 is 0 Å². The Morgan fingerprint density at radius 1 is 1.41 bits per heavy atom. The number of hydrogen-bond acceptors (Lipinski definition) is 3. The van der Waals surface area contributed by atoms with Crippen LogP contribution in [0.1, 0.15) is 24.9 Å². The number of hydrogen-bond donors (Lipinski definition) is 4. The molecule has 5 N–H and O–H groups in total. The summed E-state index contributed by atoms with van der Waals surface area (Å²) >= 11 is 0. The molecule has 1 aromatic rings. The number of rotatable bonds is 6. The van der Waals surface area contributed by atoms with Crippen LogP contribution in [0, 0.1) is 0 Å². The van der Waals surface area contributed by atoms with Crippen LogP contribution in [0.3, 0.4) is 0 Å². The minimum atomic E-state index is -0.563. The first-order valence-corrected chi connectivity index (χ1v) is 5.64. The summed E-state index contributed by atoms with van der Waals surface area (Å²) in [6.45, 7) is 3.02. The number of urea groups is 1. The summed E-state index contributed by atoms with van der Waals surface area (Å²) in [7, 11) is 0. The van der Waals surface area contributed by atoms with Crippen LogP contribution in [0.4, 0.5) is 10.5 Å². The Morgan fingerprint density at radius 3 is 2.59 bits per heavy atom. The molecule has 0 radical (unpaired) electrons. The molecule has 1 aromatic carbocycles. The minimum Gasteiger partial charge on any atom is -0.396 e. The number of nitrogens with one attached hydrogen (secondary N) is 2. The Kier molecular flexibility index (Phi) is 5.45. The fourth-order valence-electron chi connectivity index (χ4n) is 1.51. The van der Waals surface area contributed by atoms with E-state index in [2.05, 4.69) is 10.6 Å². The topological polar surface area (TPSA) is 87.4 Å². The quantitative estimate of drug-likeness (QED) is 0.561. The number of nitrogens with two attached hydrogens (primary N) is 1. The van der Waals surface area contributed by atoms with Gasteiger partial charge in [0.15, 0.2) is 0 Å². The lowest BCUT2D eigenvalue weighted by atomic mass is 10.1. The van der Waals surface area contributed by atoms with Gasteiger partial charge in [-0.1, -0.05) is 12.1 Å². The first-order chi connectivity index (χ1) is 8.13. The van der Waals surface area contributed by atoms with Crippen LogP contribution in [-0.2, 0) is 0 Å². The maximum atomic E-state index is 10.6. The van der Waals surface area contributed by atoms with Crippen molar-refractivity contribution in [1.82, 2.24) is 5.32 Å². The standard InChI is InChI=1S/C12H19N3O2/c1-9(14-7-2-8-16)10-3-5-11(6-4-10)15-12(13)17/h3-6,9,14,16H,2,7-8H2,1H3,(H3,13,15,17). The summed E-state index contributed by atoms with van der Waals surface area (Å²) in [5.74, 6) is 0. The molecule has 1 unspecified atom stereocenters. The van der Waals surface area contributed by atoms with Crippen LogP contribution < -0.4 is 16.4 Å². The van der Waals surface area contributed by atoms with Gasteiger partial charge in [0.1, 0.15) is 0 Å². The average Bonchev–Trinajstić information content (AvgIpc) is 2.29. The highest BCUT2D eigenvalue weighted by Crippen LogP contribution is 2.15. The largest absolute Gasteiger partial charge is 0.396 e. The van der Waals surface area contributed by atoms with Crippen molar-refractivity contribution in [3.05, 3.63) is 29.8 Å². The molecule has 0 aliphatic carbocycles. The molecule has 0 aliphatic heterocycles. The smallest absolute Gasteiger partial charge is 0.316 e. The molecule has 0 spiro atoms. The van der Waals surface area contributed by atoms with Crippen LogP contribution in [-0.4, -0.2) is 24.3 Å². The number of aliphatic hydroxyl groups is 1. The summed E-state index contributed by atoms with van der Waals surface area (Å²) in [6, 6.07) is 7.13. The van der Waals surface area contributed by atoms with Gasteiger partial charge in [-0.15, -0.1) is 0 Å². The van der Waals surface area contributed by atoms with Gasteiger partial charge in [-0.2, -0.15) is 0 Å². The highest BCUT2D eigenvalue weighted by Gasteiger charge is 2.04. The molecule has 5 nitrogen and oxygen atoms in total. The zero-order valence-corrected chi connectivity index (χ0v) is 9.94. The monoisotopic (exact) mass is 237 g/mol. The van der Waals surface area contributed by atoms with Gasteiger partial charge in [-0.3, -0.25) is 0 Å².